The largest absolute Gasteiger partial charge is 0.493 e. The van der Waals surface area contributed by atoms with Gasteiger partial charge in [0.1, 0.15) is 24.4 Å². The molecule has 11 heteroatoms. The highest BCUT2D eigenvalue weighted by Crippen LogP contribution is 2.41. The number of rotatable bonds is 11. The van der Waals surface area contributed by atoms with Gasteiger partial charge in [-0.1, -0.05) is 0 Å². The second kappa shape index (κ2) is 12.3. The minimum Gasteiger partial charge on any atom is -0.493 e. The normalized spacial score (nSPS) is 23.6. The quantitative estimate of drug-likeness (QED) is 0.339. The molecule has 5 atom stereocenters. The van der Waals surface area contributed by atoms with Gasteiger partial charge in [-0.25, -0.2) is 0 Å². The number of hydrogen-bond donors (Lipinski definition) is 4. The third kappa shape index (κ3) is 5.71. The van der Waals surface area contributed by atoms with Crippen molar-refractivity contribution in [1.29, 1.82) is 0 Å². The van der Waals surface area contributed by atoms with Gasteiger partial charge in [0, 0.05) is 0 Å². The first-order valence-electron chi connectivity index (χ1n) is 11.3. The lowest BCUT2D eigenvalue weighted by atomic mass is 9.99. The Labute approximate surface area is 209 Å². The van der Waals surface area contributed by atoms with Crippen LogP contribution in [0.25, 0.3) is 0 Å². The first-order chi connectivity index (χ1) is 17.3. The first-order valence-corrected chi connectivity index (χ1v) is 11.3. The maximum Gasteiger partial charge on any atom is 0.229 e. The topological polar surface area (TPSA) is 146 Å². The van der Waals surface area contributed by atoms with Crippen molar-refractivity contribution in [1.82, 2.24) is 0 Å². The molecule has 2 aromatic rings. The molecule has 1 saturated heterocycles. The summed E-state index contributed by atoms with van der Waals surface area (Å²) in [6, 6.07) is 7.25. The van der Waals surface area contributed by atoms with Gasteiger partial charge >= 0.3 is 0 Å². The summed E-state index contributed by atoms with van der Waals surface area (Å²) >= 11 is 0. The highest BCUT2D eigenvalue weighted by Gasteiger charge is 2.45. The predicted molar refractivity (Wildman–Crippen MR) is 127 cm³/mol. The van der Waals surface area contributed by atoms with Gasteiger partial charge in [-0.05, 0) is 48.2 Å². The Morgan fingerprint density at radius 2 is 1.08 bits per heavy atom. The number of methoxy groups -OCH3 is 5. The Bertz CT molecular complexity index is 985. The second-order valence-corrected chi connectivity index (χ2v) is 8.18. The molecule has 2 aromatic carbocycles. The van der Waals surface area contributed by atoms with E-state index in [1.165, 1.54) is 14.2 Å². The van der Waals surface area contributed by atoms with Gasteiger partial charge in [0.05, 0.1) is 42.2 Å². The van der Waals surface area contributed by atoms with E-state index >= 15 is 0 Å². The number of aryl methyl sites for hydroxylation is 2. The fraction of sp³-hybridized carbons (Fsp3) is 0.520. The standard InChI is InChI=1S/C25H34O11/c1-30-15-8-13(9-16(31-2)23(15)33-4)6-7-14-10-17(32-3)24(34-5)18(11-14)35-25-22(29)21(28)20(27)19(12-26)36-25/h8-11,19-22,25-29H,6-7,12H2,1-5H3/t19-,20-,21+,22-,25-/m1/s1. The van der Waals surface area contributed by atoms with E-state index in [2.05, 4.69) is 0 Å². The SMILES string of the molecule is COc1cc(CCc2cc(OC)c(OC)c(O[C@@H]3O[C@H](CO)[C@@H](O)[C@H](O)[C@H]3O)c2)cc(OC)c1OC. The summed E-state index contributed by atoms with van der Waals surface area (Å²) in [6.45, 7) is -0.569. The van der Waals surface area contributed by atoms with Crippen molar-refractivity contribution in [2.75, 3.05) is 42.2 Å². The maximum atomic E-state index is 10.4. The fourth-order valence-electron chi connectivity index (χ4n) is 4.07. The van der Waals surface area contributed by atoms with E-state index < -0.39 is 37.3 Å². The van der Waals surface area contributed by atoms with Crippen molar-refractivity contribution in [2.45, 2.75) is 43.5 Å². The van der Waals surface area contributed by atoms with Gasteiger partial charge in [0.2, 0.25) is 17.8 Å². The van der Waals surface area contributed by atoms with E-state index in [-0.39, 0.29) is 11.5 Å². The van der Waals surface area contributed by atoms with E-state index in [9.17, 15) is 20.4 Å². The summed E-state index contributed by atoms with van der Waals surface area (Å²) in [7, 11) is 7.57. The maximum absolute atomic E-state index is 10.4. The van der Waals surface area contributed by atoms with E-state index in [0.717, 1.165) is 11.1 Å². The van der Waals surface area contributed by atoms with Crippen molar-refractivity contribution in [3.8, 4) is 34.5 Å². The summed E-state index contributed by atoms with van der Waals surface area (Å²) in [6.07, 6.45) is -5.95. The van der Waals surface area contributed by atoms with Gasteiger partial charge in [-0.15, -0.1) is 0 Å². The zero-order valence-electron chi connectivity index (χ0n) is 21.0. The fourth-order valence-corrected chi connectivity index (χ4v) is 4.07. The van der Waals surface area contributed by atoms with E-state index in [0.29, 0.717) is 35.8 Å². The molecule has 0 aromatic heterocycles. The van der Waals surface area contributed by atoms with E-state index in [1.54, 1.807) is 33.5 Å². The van der Waals surface area contributed by atoms with Crippen molar-refractivity contribution in [3.05, 3.63) is 35.4 Å². The summed E-state index contributed by atoms with van der Waals surface area (Å²) < 4.78 is 38.5. The summed E-state index contributed by atoms with van der Waals surface area (Å²) in [5.41, 5.74) is 1.76. The van der Waals surface area contributed by atoms with Crippen LogP contribution >= 0.6 is 0 Å². The molecule has 11 nitrogen and oxygen atoms in total. The van der Waals surface area contributed by atoms with Crippen molar-refractivity contribution >= 4 is 0 Å². The van der Waals surface area contributed by atoms with Crippen LogP contribution in [0.5, 0.6) is 34.5 Å². The van der Waals surface area contributed by atoms with E-state index in [1.807, 2.05) is 12.1 Å². The third-order valence-corrected chi connectivity index (χ3v) is 6.02. The van der Waals surface area contributed by atoms with Crippen LogP contribution < -0.4 is 28.4 Å². The van der Waals surface area contributed by atoms with Crippen LogP contribution in [0.15, 0.2) is 24.3 Å². The van der Waals surface area contributed by atoms with Gasteiger partial charge < -0.3 is 53.6 Å². The van der Waals surface area contributed by atoms with Crippen LogP contribution in [-0.4, -0.2) is 93.3 Å². The van der Waals surface area contributed by atoms with Crippen LogP contribution in [-0.2, 0) is 17.6 Å². The van der Waals surface area contributed by atoms with E-state index in [4.69, 9.17) is 33.2 Å². The molecule has 1 aliphatic rings. The lowest BCUT2D eigenvalue weighted by Gasteiger charge is -2.39. The number of benzene rings is 2. The van der Waals surface area contributed by atoms with Gasteiger partial charge in [0.15, 0.2) is 23.0 Å². The second-order valence-electron chi connectivity index (χ2n) is 8.18. The molecule has 0 aliphatic carbocycles. The lowest BCUT2D eigenvalue weighted by Crippen LogP contribution is -2.60. The number of aliphatic hydroxyl groups excluding tert-OH is 4. The molecule has 3 rings (SSSR count). The minimum absolute atomic E-state index is 0.195. The molecule has 4 N–H and O–H groups in total. The lowest BCUT2D eigenvalue weighted by molar-refractivity contribution is -0.277. The molecular formula is C25H34O11. The van der Waals surface area contributed by atoms with Crippen LogP contribution in [0, 0.1) is 0 Å². The molecule has 0 amide bonds. The van der Waals surface area contributed by atoms with Crippen LogP contribution in [0.4, 0.5) is 0 Å². The zero-order valence-corrected chi connectivity index (χ0v) is 21.0. The van der Waals surface area contributed by atoms with Crippen LogP contribution in [0.3, 0.4) is 0 Å². The molecule has 0 saturated carbocycles. The molecule has 0 radical (unpaired) electrons. The molecule has 1 heterocycles. The van der Waals surface area contributed by atoms with Crippen molar-refractivity contribution in [3.63, 3.8) is 0 Å². The Hall–Kier alpha value is -2.96. The average Bonchev–Trinajstić information content (AvgIpc) is 2.90. The first kappa shape index (κ1) is 27.6. The van der Waals surface area contributed by atoms with Gasteiger partial charge in [0.25, 0.3) is 0 Å². The van der Waals surface area contributed by atoms with Crippen molar-refractivity contribution < 1.29 is 53.6 Å². The molecule has 0 bridgehead atoms. The summed E-state index contributed by atoms with van der Waals surface area (Å²) in [5.74, 6) is 2.44. The van der Waals surface area contributed by atoms with Crippen LogP contribution in [0.1, 0.15) is 11.1 Å². The highest BCUT2D eigenvalue weighted by atomic mass is 16.7. The van der Waals surface area contributed by atoms with Crippen LogP contribution in [0.2, 0.25) is 0 Å². The monoisotopic (exact) mass is 510 g/mol. The Kier molecular flexibility index (Phi) is 9.46. The Morgan fingerprint density at radius 3 is 1.50 bits per heavy atom. The molecule has 1 fully saturated rings. The molecule has 36 heavy (non-hydrogen) atoms. The minimum atomic E-state index is -1.57. The van der Waals surface area contributed by atoms with Crippen molar-refractivity contribution in [2.24, 2.45) is 0 Å². The molecular weight excluding hydrogens is 476 g/mol. The summed E-state index contributed by atoms with van der Waals surface area (Å²) in [5, 5.41) is 40.0. The summed E-state index contributed by atoms with van der Waals surface area (Å²) in [4.78, 5) is 0. The predicted octanol–water partition coefficient (Wildman–Crippen LogP) is 0.693. The number of aliphatic hydroxyl groups is 4. The third-order valence-electron chi connectivity index (χ3n) is 6.02. The average molecular weight is 511 g/mol. The zero-order chi connectivity index (χ0) is 26.4. The molecule has 1 aliphatic heterocycles. The molecule has 0 spiro atoms. The number of ether oxygens (including phenoxy) is 7. The Balaban J connectivity index is 1.88. The Morgan fingerprint density at radius 1 is 0.639 bits per heavy atom. The van der Waals surface area contributed by atoms with Gasteiger partial charge in [-0.3, -0.25) is 0 Å². The van der Waals surface area contributed by atoms with Gasteiger partial charge in [-0.2, -0.15) is 0 Å². The molecule has 0 unspecified atom stereocenters. The molecule has 200 valence electrons. The smallest absolute Gasteiger partial charge is 0.229 e. The highest BCUT2D eigenvalue weighted by molar-refractivity contribution is 5.55. The number of hydrogen-bond acceptors (Lipinski definition) is 11.